The van der Waals surface area contributed by atoms with Gasteiger partial charge in [-0.2, -0.15) is 6.82 Å². The lowest BCUT2D eigenvalue weighted by atomic mass is 9.31. The Morgan fingerprint density at radius 1 is 0.600 bits per heavy atom. The van der Waals surface area contributed by atoms with Crippen LogP contribution in [-0.4, -0.2) is 36.8 Å². The molecule has 0 aromatic heterocycles. The maximum Gasteiger partial charge on any atom is 0.296 e. The van der Waals surface area contributed by atoms with E-state index in [1.54, 1.807) is 17.9 Å². The number of hydrogen-bond acceptors (Lipinski definition) is 3. The third kappa shape index (κ3) is 12.5. The number of unbranched alkanes of at least 4 members (excludes halogenated alkanes) is 4. The highest BCUT2D eigenvalue weighted by Crippen LogP contribution is 2.16. The Labute approximate surface area is 156 Å². The molecular weight excluding hydrogens is 307 g/mol. The average molecular weight is 346 g/mol. The van der Waals surface area contributed by atoms with E-state index < -0.39 is 6.15 Å². The molecule has 5 heteroatoms. The van der Waals surface area contributed by atoms with Crippen LogP contribution in [0.1, 0.15) is 79.1 Å². The molecule has 0 aromatic carbocycles. The minimum atomic E-state index is -2.04. The Bertz CT molecular complexity index is 369. The fourth-order valence-corrected chi connectivity index (χ4v) is 2.73. The molecule has 0 saturated heterocycles. The molecule has 0 atom stereocenters. The third-order valence-corrected chi connectivity index (χ3v) is 4.72. The van der Waals surface area contributed by atoms with Crippen molar-refractivity contribution in [1.29, 1.82) is 15.8 Å². The van der Waals surface area contributed by atoms with Crippen molar-refractivity contribution in [1.82, 2.24) is 0 Å². The molecule has 0 rings (SSSR count). The van der Waals surface area contributed by atoms with Crippen molar-refractivity contribution in [2.24, 2.45) is 0 Å². The van der Waals surface area contributed by atoms with Crippen LogP contribution in [0.5, 0.6) is 0 Å². The molecule has 4 nitrogen and oxygen atoms in total. The fraction of sp³-hybridized carbons (Fsp3) is 0.850. The van der Waals surface area contributed by atoms with E-state index in [4.69, 9.17) is 15.8 Å². The van der Waals surface area contributed by atoms with Crippen LogP contribution in [-0.2, 0) is 0 Å². The first-order valence-electron chi connectivity index (χ1n) is 10.2. The van der Waals surface area contributed by atoms with E-state index in [9.17, 15) is 0 Å². The van der Waals surface area contributed by atoms with Crippen LogP contribution in [0, 0.1) is 33.7 Å². The molecule has 0 aromatic rings. The van der Waals surface area contributed by atoms with Gasteiger partial charge in [0.1, 0.15) is 0 Å². The normalized spacial score (nSPS) is 10.8. The Morgan fingerprint density at radius 2 is 0.840 bits per heavy atom. The quantitative estimate of drug-likeness (QED) is 0.357. The molecule has 25 heavy (non-hydrogen) atoms. The molecule has 0 heterocycles. The lowest BCUT2D eigenvalue weighted by molar-refractivity contribution is -0.929. The molecule has 0 fully saturated rings. The van der Waals surface area contributed by atoms with Crippen molar-refractivity contribution in [2.45, 2.75) is 85.9 Å². The number of rotatable bonds is 12. The van der Waals surface area contributed by atoms with E-state index in [2.05, 4.69) is 27.7 Å². The summed E-state index contributed by atoms with van der Waals surface area (Å²) in [6, 6.07) is 0. The van der Waals surface area contributed by atoms with Crippen LogP contribution in [0.3, 0.4) is 0 Å². The van der Waals surface area contributed by atoms with E-state index in [1.165, 1.54) is 88.9 Å². The lowest BCUT2D eigenvalue weighted by Gasteiger charge is -2.39. The minimum Gasteiger partial charge on any atom is -0.324 e. The van der Waals surface area contributed by atoms with Gasteiger partial charge in [-0.25, -0.2) is 15.8 Å². The molecule has 0 aliphatic carbocycles. The second-order valence-electron chi connectivity index (χ2n) is 7.34. The molecule has 0 amide bonds. The van der Waals surface area contributed by atoms with Gasteiger partial charge < -0.3 is 4.48 Å². The summed E-state index contributed by atoms with van der Waals surface area (Å²) in [5, 5.41) is 24.4. The number of nitrogens with zero attached hydrogens (tertiary/aromatic N) is 4. The van der Waals surface area contributed by atoms with Crippen molar-refractivity contribution in [2.75, 3.05) is 26.2 Å². The smallest absolute Gasteiger partial charge is 0.296 e. The first kappa shape index (κ1) is 25.7. The van der Waals surface area contributed by atoms with Gasteiger partial charge in [0.2, 0.25) is 0 Å². The van der Waals surface area contributed by atoms with Crippen LogP contribution < -0.4 is 0 Å². The highest BCUT2D eigenvalue weighted by Gasteiger charge is 2.24. The van der Waals surface area contributed by atoms with Crippen molar-refractivity contribution < 1.29 is 4.48 Å². The molecule has 0 N–H and O–H groups in total. The lowest BCUT2D eigenvalue weighted by Crippen LogP contribution is -2.50. The standard InChI is InChI=1S/C16H36N.C4H3BN3/c1-5-9-13-17(14-10-6-2,15-11-7-3)16-12-8-4;1-5(2-6,3-7)4-8/h5-16H2,1-4H3;1H3/q+1;-1. The largest absolute Gasteiger partial charge is 0.324 e. The molecule has 0 spiro atoms. The van der Waals surface area contributed by atoms with E-state index in [-0.39, 0.29) is 0 Å². The summed E-state index contributed by atoms with van der Waals surface area (Å²) in [7, 11) is 0. The topological polar surface area (TPSA) is 71.4 Å². The van der Waals surface area contributed by atoms with Gasteiger partial charge in [-0.3, -0.25) is 0 Å². The Balaban J connectivity index is 0. The van der Waals surface area contributed by atoms with Gasteiger partial charge in [-0.05, 0) is 25.7 Å². The molecule has 0 unspecified atom stereocenters. The van der Waals surface area contributed by atoms with Crippen molar-refractivity contribution in [3.05, 3.63) is 0 Å². The van der Waals surface area contributed by atoms with Crippen molar-refractivity contribution in [3.8, 4) is 17.9 Å². The summed E-state index contributed by atoms with van der Waals surface area (Å²) in [5.41, 5.74) is 0. The van der Waals surface area contributed by atoms with Crippen LogP contribution in [0.15, 0.2) is 0 Å². The van der Waals surface area contributed by atoms with Crippen LogP contribution in [0.4, 0.5) is 0 Å². The van der Waals surface area contributed by atoms with Gasteiger partial charge in [0.15, 0.2) is 0 Å². The van der Waals surface area contributed by atoms with E-state index >= 15 is 0 Å². The summed E-state index contributed by atoms with van der Waals surface area (Å²) in [4.78, 5) is 0. The van der Waals surface area contributed by atoms with Crippen LogP contribution >= 0.6 is 0 Å². The number of nitriles is 3. The zero-order chi connectivity index (χ0) is 19.6. The van der Waals surface area contributed by atoms with Crippen molar-refractivity contribution >= 4 is 6.15 Å². The molecule has 142 valence electrons. The maximum absolute atomic E-state index is 8.12. The second-order valence-corrected chi connectivity index (χ2v) is 7.34. The predicted molar refractivity (Wildman–Crippen MR) is 108 cm³/mol. The molecular formula is C20H39BN4. The SMILES string of the molecule is CCCC[N+](CCCC)(CCCC)CCCC.C[B-](C#N)(C#N)C#N. The van der Waals surface area contributed by atoms with Gasteiger partial charge in [0.05, 0.1) is 26.2 Å². The zero-order valence-corrected chi connectivity index (χ0v) is 17.4. The average Bonchev–Trinajstić information content (AvgIpc) is 2.66. The Morgan fingerprint density at radius 3 is 0.960 bits per heavy atom. The molecule has 0 aliphatic rings. The van der Waals surface area contributed by atoms with Gasteiger partial charge >= 0.3 is 0 Å². The zero-order valence-electron chi connectivity index (χ0n) is 17.4. The van der Waals surface area contributed by atoms with Crippen molar-refractivity contribution in [3.63, 3.8) is 0 Å². The predicted octanol–water partition coefficient (Wildman–Crippen LogP) is 5.26. The Kier molecular flexibility index (Phi) is 16.5. The van der Waals surface area contributed by atoms with Crippen LogP contribution in [0.2, 0.25) is 6.82 Å². The van der Waals surface area contributed by atoms with E-state index in [0.717, 1.165) is 0 Å². The monoisotopic (exact) mass is 346 g/mol. The summed E-state index contributed by atoms with van der Waals surface area (Å²) in [5.74, 6) is 4.85. The van der Waals surface area contributed by atoms with E-state index in [1.807, 2.05) is 0 Å². The Hall–Kier alpha value is -1.51. The first-order valence-corrected chi connectivity index (χ1v) is 10.2. The molecule has 0 bridgehead atoms. The second kappa shape index (κ2) is 16.0. The third-order valence-electron chi connectivity index (χ3n) is 4.72. The first-order chi connectivity index (χ1) is 11.9. The van der Waals surface area contributed by atoms with Crippen LogP contribution in [0.25, 0.3) is 0 Å². The molecule has 0 saturated carbocycles. The van der Waals surface area contributed by atoms with Gasteiger partial charge in [-0.15, -0.1) is 17.9 Å². The fourth-order valence-electron chi connectivity index (χ4n) is 2.73. The summed E-state index contributed by atoms with van der Waals surface area (Å²) in [6.07, 6.45) is 9.02. The van der Waals surface area contributed by atoms with Gasteiger partial charge in [-0.1, -0.05) is 53.4 Å². The highest BCUT2D eigenvalue weighted by atomic mass is 15.3. The van der Waals surface area contributed by atoms with E-state index in [0.29, 0.717) is 0 Å². The highest BCUT2D eigenvalue weighted by molar-refractivity contribution is 6.98. The van der Waals surface area contributed by atoms with Gasteiger partial charge in [0.25, 0.3) is 6.15 Å². The minimum absolute atomic E-state index is 1.33. The number of quaternary nitrogens is 1. The maximum atomic E-state index is 8.12. The summed E-state index contributed by atoms with van der Waals surface area (Å²) < 4.78 is 1.42. The number of hydrogen-bond donors (Lipinski definition) is 0. The summed E-state index contributed by atoms with van der Waals surface area (Å²) in [6.45, 7) is 16.4. The molecule has 0 radical (unpaired) electrons. The van der Waals surface area contributed by atoms with Gasteiger partial charge in [0, 0.05) is 0 Å². The molecule has 0 aliphatic heterocycles. The summed E-state index contributed by atoms with van der Waals surface area (Å²) >= 11 is 0.